The number of nitrogens with zero attached hydrogens (tertiary/aromatic N) is 1. The summed E-state index contributed by atoms with van der Waals surface area (Å²) in [6.45, 7) is -0.274. The average Bonchev–Trinajstić information content (AvgIpc) is 2.16. The highest BCUT2D eigenvalue weighted by Crippen LogP contribution is 1.90. The van der Waals surface area contributed by atoms with Crippen LogP contribution in [0.5, 0.6) is 0 Å². The van der Waals surface area contributed by atoms with Crippen LogP contribution < -0.4 is 15.8 Å². The van der Waals surface area contributed by atoms with Crippen LogP contribution in [0.4, 0.5) is 0 Å². The first kappa shape index (κ1) is 10.1. The van der Waals surface area contributed by atoms with Gasteiger partial charge >= 0.3 is 11.9 Å². The van der Waals surface area contributed by atoms with Gasteiger partial charge in [0.05, 0.1) is 0 Å². The molecule has 74 valence electrons. The van der Waals surface area contributed by atoms with Gasteiger partial charge in [-0.05, 0) is 6.07 Å². The summed E-state index contributed by atoms with van der Waals surface area (Å²) in [5.41, 5.74) is 2.15. The third-order valence-corrected chi connectivity index (χ3v) is 1.61. The molecule has 0 aliphatic carbocycles. The van der Waals surface area contributed by atoms with Crippen LogP contribution in [-0.2, 0) is 11.3 Å². The first-order valence-corrected chi connectivity index (χ1v) is 3.86. The predicted molar refractivity (Wildman–Crippen MR) is 45.9 cm³/mol. The molecular formula is C8H10N3O3+. The molecule has 1 aromatic heterocycles. The van der Waals surface area contributed by atoms with Gasteiger partial charge in [0.15, 0.2) is 6.20 Å². The van der Waals surface area contributed by atoms with Gasteiger partial charge in [-0.3, -0.25) is 10.2 Å². The molecule has 0 aromatic carbocycles. The number of aromatic nitrogens is 1. The molecule has 0 aliphatic heterocycles. The number of hydrogen-bond donors (Lipinski definition) is 3. The summed E-state index contributed by atoms with van der Waals surface area (Å²) in [5, 5.41) is 8.56. The molecule has 4 N–H and O–H groups in total. The van der Waals surface area contributed by atoms with Gasteiger partial charge in [0.25, 0.3) is 5.69 Å². The lowest BCUT2D eigenvalue weighted by atomic mass is 10.3. The van der Waals surface area contributed by atoms with Gasteiger partial charge in [-0.25, -0.2) is 10.6 Å². The molecule has 0 unspecified atom stereocenters. The van der Waals surface area contributed by atoms with Gasteiger partial charge in [-0.15, -0.1) is 0 Å². The molecule has 0 fully saturated rings. The van der Waals surface area contributed by atoms with E-state index in [4.69, 9.17) is 10.9 Å². The number of nitrogens with one attached hydrogen (secondary N) is 1. The average molecular weight is 196 g/mol. The van der Waals surface area contributed by atoms with Crippen molar-refractivity contribution in [2.75, 3.05) is 0 Å². The zero-order valence-electron chi connectivity index (χ0n) is 7.30. The van der Waals surface area contributed by atoms with Gasteiger partial charge in [-0.1, -0.05) is 0 Å². The standard InChI is InChI=1S/C8H9N3O3/c9-10-8(14)6-3-1-2-4-11(6)5-7(12)13/h1-4,9H,5H2,(H2,12,13,14)/p+1. The SMILES string of the molecule is NNC(=O)c1cccc[n+]1CC(=O)O. The number of carbonyl (C=O) groups is 2. The van der Waals surface area contributed by atoms with Crippen LogP contribution in [0.25, 0.3) is 0 Å². The monoisotopic (exact) mass is 196 g/mol. The number of hydrazine groups is 1. The van der Waals surface area contributed by atoms with Crippen molar-refractivity contribution >= 4 is 11.9 Å². The molecule has 0 aliphatic rings. The number of carboxylic acids is 1. The van der Waals surface area contributed by atoms with Gasteiger partial charge < -0.3 is 5.11 Å². The summed E-state index contributed by atoms with van der Waals surface area (Å²) in [6.07, 6.45) is 1.50. The lowest BCUT2D eigenvalue weighted by Gasteiger charge is -1.99. The van der Waals surface area contributed by atoms with E-state index in [-0.39, 0.29) is 12.2 Å². The fraction of sp³-hybridized carbons (Fsp3) is 0.125. The molecule has 0 saturated carbocycles. The summed E-state index contributed by atoms with van der Waals surface area (Å²) in [5.74, 6) is 3.40. The minimum absolute atomic E-state index is 0.206. The number of carbonyl (C=O) groups excluding carboxylic acids is 1. The topological polar surface area (TPSA) is 96.3 Å². The molecule has 6 nitrogen and oxygen atoms in total. The Morgan fingerprint density at radius 1 is 1.50 bits per heavy atom. The summed E-state index contributed by atoms with van der Waals surface area (Å²) in [7, 11) is 0. The third-order valence-electron chi connectivity index (χ3n) is 1.61. The predicted octanol–water partition coefficient (Wildman–Crippen LogP) is -1.34. The summed E-state index contributed by atoms with van der Waals surface area (Å²) in [6, 6.07) is 4.75. The van der Waals surface area contributed by atoms with Crippen molar-refractivity contribution in [3.05, 3.63) is 30.1 Å². The molecule has 0 bridgehead atoms. The van der Waals surface area contributed by atoms with Gasteiger partial charge in [0.2, 0.25) is 6.54 Å². The lowest BCUT2D eigenvalue weighted by molar-refractivity contribution is -0.687. The maximum atomic E-state index is 11.2. The van der Waals surface area contributed by atoms with Crippen LogP contribution in [0.1, 0.15) is 10.5 Å². The van der Waals surface area contributed by atoms with E-state index >= 15 is 0 Å². The molecule has 0 radical (unpaired) electrons. The van der Waals surface area contributed by atoms with E-state index in [2.05, 4.69) is 0 Å². The van der Waals surface area contributed by atoms with Crippen molar-refractivity contribution in [3.8, 4) is 0 Å². The number of hydrogen-bond acceptors (Lipinski definition) is 3. The molecule has 6 heteroatoms. The highest BCUT2D eigenvalue weighted by molar-refractivity contribution is 5.90. The fourth-order valence-electron chi connectivity index (χ4n) is 1.04. The molecule has 1 rings (SSSR count). The first-order valence-electron chi connectivity index (χ1n) is 3.86. The molecular weight excluding hydrogens is 186 g/mol. The Labute approximate surface area is 79.9 Å². The van der Waals surface area contributed by atoms with E-state index in [0.29, 0.717) is 0 Å². The summed E-state index contributed by atoms with van der Waals surface area (Å²) >= 11 is 0. The summed E-state index contributed by atoms with van der Waals surface area (Å²) < 4.78 is 1.30. The maximum Gasteiger partial charge on any atom is 0.370 e. The number of nitrogens with two attached hydrogens (primary N) is 1. The maximum absolute atomic E-state index is 11.2. The Bertz CT molecular complexity index is 365. The highest BCUT2D eigenvalue weighted by atomic mass is 16.4. The fourth-order valence-corrected chi connectivity index (χ4v) is 1.04. The second-order valence-corrected chi connectivity index (χ2v) is 2.58. The second kappa shape index (κ2) is 4.33. The van der Waals surface area contributed by atoms with Crippen LogP contribution in [-0.4, -0.2) is 17.0 Å². The Morgan fingerprint density at radius 3 is 2.79 bits per heavy atom. The zero-order chi connectivity index (χ0) is 10.6. The van der Waals surface area contributed by atoms with E-state index < -0.39 is 11.9 Å². The van der Waals surface area contributed by atoms with E-state index in [9.17, 15) is 9.59 Å². The van der Waals surface area contributed by atoms with Crippen molar-refractivity contribution in [2.45, 2.75) is 6.54 Å². The van der Waals surface area contributed by atoms with Gasteiger partial charge in [0, 0.05) is 12.1 Å². The van der Waals surface area contributed by atoms with Crippen molar-refractivity contribution in [1.29, 1.82) is 0 Å². The van der Waals surface area contributed by atoms with Crippen LogP contribution in [0.2, 0.25) is 0 Å². The van der Waals surface area contributed by atoms with Gasteiger partial charge in [0.1, 0.15) is 0 Å². The van der Waals surface area contributed by atoms with E-state index in [0.717, 1.165) is 0 Å². The Kier molecular flexibility index (Phi) is 3.14. The van der Waals surface area contributed by atoms with E-state index in [1.54, 1.807) is 12.1 Å². The van der Waals surface area contributed by atoms with Crippen molar-refractivity contribution in [3.63, 3.8) is 0 Å². The first-order chi connectivity index (χ1) is 6.65. The molecule has 14 heavy (non-hydrogen) atoms. The van der Waals surface area contributed by atoms with Crippen LogP contribution >= 0.6 is 0 Å². The largest absolute Gasteiger partial charge is 0.477 e. The normalized spacial score (nSPS) is 9.50. The Hall–Kier alpha value is -1.95. The van der Waals surface area contributed by atoms with Gasteiger partial charge in [-0.2, -0.15) is 4.57 Å². The van der Waals surface area contributed by atoms with Crippen LogP contribution in [0.15, 0.2) is 24.4 Å². The Morgan fingerprint density at radius 2 is 2.21 bits per heavy atom. The van der Waals surface area contributed by atoms with Crippen LogP contribution in [0, 0.1) is 0 Å². The smallest absolute Gasteiger partial charge is 0.370 e. The number of amides is 1. The molecule has 1 amide bonds. The number of carboxylic acid groups (broad SMARTS) is 1. The minimum Gasteiger partial charge on any atom is -0.477 e. The molecule has 1 heterocycles. The number of rotatable bonds is 3. The number of aliphatic carboxylic acids is 1. The second-order valence-electron chi connectivity index (χ2n) is 2.58. The van der Waals surface area contributed by atoms with Crippen molar-refractivity contribution in [1.82, 2.24) is 5.43 Å². The van der Waals surface area contributed by atoms with E-state index in [1.165, 1.54) is 16.8 Å². The van der Waals surface area contributed by atoms with Crippen LogP contribution in [0.3, 0.4) is 0 Å². The molecule has 0 spiro atoms. The molecule has 0 saturated heterocycles. The van der Waals surface area contributed by atoms with E-state index in [1.807, 2.05) is 5.43 Å². The summed E-state index contributed by atoms with van der Waals surface area (Å²) in [4.78, 5) is 21.6. The third kappa shape index (κ3) is 2.27. The molecule has 1 aromatic rings. The molecule has 0 atom stereocenters. The number of pyridine rings is 1. The Balaban J connectivity index is 3.02. The van der Waals surface area contributed by atoms with Crippen molar-refractivity contribution < 1.29 is 19.3 Å². The zero-order valence-corrected chi connectivity index (χ0v) is 7.30. The highest BCUT2D eigenvalue weighted by Gasteiger charge is 2.19. The number of nitrogen functional groups attached to an aromatic ring is 1. The lowest BCUT2D eigenvalue weighted by Crippen LogP contribution is -2.47. The van der Waals surface area contributed by atoms with Crippen molar-refractivity contribution in [2.24, 2.45) is 5.84 Å². The minimum atomic E-state index is -1.02. The quantitative estimate of drug-likeness (QED) is 0.241.